The number of aromatic nitrogens is 3. The monoisotopic (exact) mass is 329 g/mol. The second-order valence-corrected chi connectivity index (χ2v) is 6.74. The summed E-state index contributed by atoms with van der Waals surface area (Å²) in [5.74, 6) is 0. The standard InChI is InChI=1S/C18H27N5O/c1-21(10-16-6-3-2-4-7-16)12-18(24)13-22-9-5-8-17(22)11-23-15-19-14-20-23/h2-4,6-7,14-15,17-18,24H,5,8-13H2,1H3/t17-,18-/m0/s1. The molecule has 0 aliphatic carbocycles. The van der Waals surface area contributed by atoms with Crippen LogP contribution in [-0.2, 0) is 13.1 Å². The number of likely N-dealkylation sites (tertiary alicyclic amines) is 1. The van der Waals surface area contributed by atoms with E-state index in [1.165, 1.54) is 12.0 Å². The van der Waals surface area contributed by atoms with E-state index in [0.717, 1.165) is 32.6 Å². The van der Waals surface area contributed by atoms with Gasteiger partial charge in [0.15, 0.2) is 0 Å². The van der Waals surface area contributed by atoms with Crippen molar-refractivity contribution in [2.24, 2.45) is 0 Å². The maximum Gasteiger partial charge on any atom is 0.137 e. The van der Waals surface area contributed by atoms with Crippen LogP contribution in [0.25, 0.3) is 0 Å². The van der Waals surface area contributed by atoms with Crippen LogP contribution >= 0.6 is 0 Å². The highest BCUT2D eigenvalue weighted by Crippen LogP contribution is 2.19. The Bertz CT molecular complexity index is 589. The van der Waals surface area contributed by atoms with Crippen LogP contribution < -0.4 is 0 Å². The van der Waals surface area contributed by atoms with Crippen LogP contribution in [0.5, 0.6) is 0 Å². The van der Waals surface area contributed by atoms with Gasteiger partial charge in [0.2, 0.25) is 0 Å². The zero-order chi connectivity index (χ0) is 16.8. The average Bonchev–Trinajstić information content (AvgIpc) is 3.21. The number of benzene rings is 1. The van der Waals surface area contributed by atoms with Crippen LogP contribution in [0.15, 0.2) is 43.0 Å². The van der Waals surface area contributed by atoms with Gasteiger partial charge in [-0.3, -0.25) is 14.5 Å². The van der Waals surface area contributed by atoms with Crippen molar-refractivity contribution in [3.63, 3.8) is 0 Å². The summed E-state index contributed by atoms with van der Waals surface area (Å²) < 4.78 is 1.89. The highest BCUT2D eigenvalue weighted by atomic mass is 16.3. The maximum absolute atomic E-state index is 10.5. The molecule has 6 heteroatoms. The first-order valence-electron chi connectivity index (χ1n) is 8.67. The normalized spacial score (nSPS) is 19.9. The van der Waals surface area contributed by atoms with Gasteiger partial charge in [-0.2, -0.15) is 5.10 Å². The summed E-state index contributed by atoms with van der Waals surface area (Å²) in [4.78, 5) is 8.58. The predicted octanol–water partition coefficient (Wildman–Crippen LogP) is 1.24. The van der Waals surface area contributed by atoms with Gasteiger partial charge >= 0.3 is 0 Å². The maximum atomic E-state index is 10.5. The minimum atomic E-state index is -0.338. The summed E-state index contributed by atoms with van der Waals surface area (Å²) in [6.45, 7) is 4.17. The van der Waals surface area contributed by atoms with Crippen LogP contribution in [0.4, 0.5) is 0 Å². The van der Waals surface area contributed by atoms with Gasteiger partial charge in [-0.25, -0.2) is 4.98 Å². The lowest BCUT2D eigenvalue weighted by atomic mass is 10.2. The van der Waals surface area contributed by atoms with E-state index in [2.05, 4.69) is 51.2 Å². The van der Waals surface area contributed by atoms with Gasteiger partial charge in [0, 0.05) is 25.7 Å². The van der Waals surface area contributed by atoms with Gasteiger partial charge in [-0.1, -0.05) is 30.3 Å². The third-order valence-electron chi connectivity index (χ3n) is 4.63. The molecule has 2 atom stereocenters. The lowest BCUT2D eigenvalue weighted by molar-refractivity contribution is 0.0716. The van der Waals surface area contributed by atoms with Gasteiger partial charge in [0.1, 0.15) is 12.7 Å². The second kappa shape index (κ2) is 8.37. The molecule has 0 radical (unpaired) electrons. The number of rotatable bonds is 8. The van der Waals surface area contributed by atoms with Crippen molar-refractivity contribution in [1.82, 2.24) is 24.6 Å². The van der Waals surface area contributed by atoms with Crippen molar-refractivity contribution < 1.29 is 5.11 Å². The lowest BCUT2D eigenvalue weighted by Gasteiger charge is -2.28. The first-order chi connectivity index (χ1) is 11.7. The van der Waals surface area contributed by atoms with Crippen LogP contribution in [0.3, 0.4) is 0 Å². The molecule has 1 aliphatic rings. The van der Waals surface area contributed by atoms with Crippen molar-refractivity contribution >= 4 is 0 Å². The van der Waals surface area contributed by atoms with Crippen LogP contribution in [0, 0.1) is 0 Å². The van der Waals surface area contributed by atoms with E-state index in [-0.39, 0.29) is 6.10 Å². The van der Waals surface area contributed by atoms with Gasteiger partial charge in [0.25, 0.3) is 0 Å². The number of aliphatic hydroxyl groups is 1. The molecule has 130 valence electrons. The molecule has 3 rings (SSSR count). The molecule has 24 heavy (non-hydrogen) atoms. The highest BCUT2D eigenvalue weighted by molar-refractivity contribution is 5.14. The second-order valence-electron chi connectivity index (χ2n) is 6.74. The molecule has 1 aromatic carbocycles. The number of hydrogen-bond donors (Lipinski definition) is 1. The molecule has 1 fully saturated rings. The average molecular weight is 329 g/mol. The van der Waals surface area contributed by atoms with Gasteiger partial charge < -0.3 is 5.11 Å². The van der Waals surface area contributed by atoms with Gasteiger partial charge in [-0.05, 0) is 32.0 Å². The summed E-state index contributed by atoms with van der Waals surface area (Å²) in [6.07, 6.45) is 5.35. The number of likely N-dealkylation sites (N-methyl/N-ethyl adjacent to an activating group) is 1. The molecule has 0 unspecified atom stereocenters. The molecule has 0 amide bonds. The van der Waals surface area contributed by atoms with Gasteiger partial charge in [-0.15, -0.1) is 0 Å². The molecule has 1 aliphatic heterocycles. The molecule has 1 N–H and O–H groups in total. The molecule has 0 saturated carbocycles. The van der Waals surface area contributed by atoms with E-state index in [1.807, 2.05) is 10.7 Å². The lowest BCUT2D eigenvalue weighted by Crippen LogP contribution is -2.42. The third-order valence-corrected chi connectivity index (χ3v) is 4.63. The Balaban J connectivity index is 1.45. The summed E-state index contributed by atoms with van der Waals surface area (Å²) in [6, 6.07) is 10.8. The largest absolute Gasteiger partial charge is 0.390 e. The highest BCUT2D eigenvalue weighted by Gasteiger charge is 2.27. The Morgan fingerprint density at radius 3 is 2.92 bits per heavy atom. The van der Waals surface area contributed by atoms with Crippen LogP contribution in [-0.4, -0.2) is 68.5 Å². The molecule has 1 saturated heterocycles. The Morgan fingerprint density at radius 1 is 1.33 bits per heavy atom. The van der Waals surface area contributed by atoms with E-state index in [1.54, 1.807) is 12.7 Å². The van der Waals surface area contributed by atoms with E-state index >= 15 is 0 Å². The van der Waals surface area contributed by atoms with Crippen LogP contribution in [0.2, 0.25) is 0 Å². The minimum Gasteiger partial charge on any atom is -0.390 e. The molecule has 6 nitrogen and oxygen atoms in total. The summed E-state index contributed by atoms with van der Waals surface area (Å²) in [5.41, 5.74) is 1.28. The number of β-amino-alcohol motifs (C(OH)–C–C–N with tert-alkyl or cyclic N) is 1. The quantitative estimate of drug-likeness (QED) is 0.789. The van der Waals surface area contributed by atoms with Crippen molar-refractivity contribution in [2.75, 3.05) is 26.7 Å². The molecule has 0 spiro atoms. The SMILES string of the molecule is CN(Cc1ccccc1)C[C@H](O)CN1CCC[C@H]1Cn1cncn1. The smallest absolute Gasteiger partial charge is 0.137 e. The fraction of sp³-hybridized carbons (Fsp3) is 0.556. The summed E-state index contributed by atoms with van der Waals surface area (Å²) in [7, 11) is 2.06. The molecule has 0 bridgehead atoms. The summed E-state index contributed by atoms with van der Waals surface area (Å²) in [5, 5.41) is 14.7. The molecule has 2 aromatic rings. The number of aliphatic hydroxyl groups excluding tert-OH is 1. The van der Waals surface area contributed by atoms with Crippen molar-refractivity contribution in [3.8, 4) is 0 Å². The Kier molecular flexibility index (Phi) is 5.96. The number of hydrogen-bond acceptors (Lipinski definition) is 5. The fourth-order valence-electron chi connectivity index (χ4n) is 3.53. The zero-order valence-electron chi connectivity index (χ0n) is 14.3. The first kappa shape index (κ1) is 17.1. The molecule has 1 aromatic heterocycles. The Hall–Kier alpha value is -1.76. The van der Waals surface area contributed by atoms with Gasteiger partial charge in [0.05, 0.1) is 12.6 Å². The molecule has 2 heterocycles. The Morgan fingerprint density at radius 2 is 2.17 bits per heavy atom. The number of nitrogens with zero attached hydrogens (tertiary/aromatic N) is 5. The van der Waals surface area contributed by atoms with E-state index in [0.29, 0.717) is 12.6 Å². The topological polar surface area (TPSA) is 57.4 Å². The molecular weight excluding hydrogens is 302 g/mol. The summed E-state index contributed by atoms with van der Waals surface area (Å²) >= 11 is 0. The first-order valence-corrected chi connectivity index (χ1v) is 8.67. The third kappa shape index (κ3) is 4.87. The Labute approximate surface area is 143 Å². The fourth-order valence-corrected chi connectivity index (χ4v) is 3.53. The van der Waals surface area contributed by atoms with E-state index < -0.39 is 0 Å². The van der Waals surface area contributed by atoms with E-state index in [4.69, 9.17) is 0 Å². The van der Waals surface area contributed by atoms with Crippen LogP contribution in [0.1, 0.15) is 18.4 Å². The van der Waals surface area contributed by atoms with Crippen molar-refractivity contribution in [2.45, 2.75) is 38.1 Å². The van der Waals surface area contributed by atoms with Crippen molar-refractivity contribution in [1.29, 1.82) is 0 Å². The zero-order valence-corrected chi connectivity index (χ0v) is 14.3. The van der Waals surface area contributed by atoms with E-state index in [9.17, 15) is 5.11 Å². The van der Waals surface area contributed by atoms with Crippen molar-refractivity contribution in [3.05, 3.63) is 48.5 Å². The minimum absolute atomic E-state index is 0.338. The predicted molar refractivity (Wildman–Crippen MR) is 93.4 cm³/mol. The molecular formula is C18H27N5O.